The summed E-state index contributed by atoms with van der Waals surface area (Å²) in [5.41, 5.74) is 0. The summed E-state index contributed by atoms with van der Waals surface area (Å²) in [4.78, 5) is 13.7. The van der Waals surface area contributed by atoms with Gasteiger partial charge in [-0.3, -0.25) is 0 Å². The minimum absolute atomic E-state index is 0.153. The van der Waals surface area contributed by atoms with E-state index in [0.717, 1.165) is 0 Å². The van der Waals surface area contributed by atoms with E-state index < -0.39 is 11.9 Å². The van der Waals surface area contributed by atoms with Gasteiger partial charge in [-0.05, 0) is 12.1 Å². The van der Waals surface area contributed by atoms with E-state index >= 15 is 0 Å². The van der Waals surface area contributed by atoms with Crippen LogP contribution in [0.4, 0.5) is 4.39 Å². The van der Waals surface area contributed by atoms with E-state index in [4.69, 9.17) is 5.11 Å². The fourth-order valence-electron chi connectivity index (χ4n) is 0.160. The molecule has 0 amide bonds. The van der Waals surface area contributed by atoms with Crippen LogP contribution in [0.5, 0.6) is 0 Å². The van der Waals surface area contributed by atoms with Gasteiger partial charge in [-0.1, -0.05) is 0 Å². The zero-order valence-corrected chi connectivity index (χ0v) is 4.80. The highest BCUT2D eigenvalue weighted by Gasteiger charge is 2.06. The maximum absolute atomic E-state index is 11.7. The summed E-state index contributed by atoms with van der Waals surface area (Å²) in [5, 5.41) is 10.4. The van der Waals surface area contributed by atoms with E-state index in [0.29, 0.717) is 0 Å². The number of rotatable bonds is 3. The molecule has 0 aromatic carbocycles. The third kappa shape index (κ3) is 3.45. The van der Waals surface area contributed by atoms with Crippen molar-refractivity contribution in [1.82, 2.24) is 0 Å². The van der Waals surface area contributed by atoms with E-state index in [1.807, 2.05) is 0 Å². The van der Waals surface area contributed by atoms with Crippen LogP contribution in [0.2, 0.25) is 0 Å². The molecular weight excluding hydrogens is 129 g/mol. The molecule has 0 atom stereocenters. The smallest absolute Gasteiger partial charge is 0.387 e. The second kappa shape index (κ2) is 3.82. The molecule has 0 saturated carbocycles. The van der Waals surface area contributed by atoms with E-state index in [-0.39, 0.29) is 6.61 Å². The predicted molar refractivity (Wildman–Crippen MR) is 27.8 cm³/mol. The number of carboxylic acids is 1. The van der Waals surface area contributed by atoms with Crippen LogP contribution in [0.25, 0.3) is 0 Å². The number of carboxylic acid groups (broad SMARTS) is 1. The van der Waals surface area contributed by atoms with Crippen LogP contribution in [0, 0.1) is 0 Å². The first-order valence-electron chi connectivity index (χ1n) is 2.27. The van der Waals surface area contributed by atoms with E-state index in [1.54, 1.807) is 6.92 Å². The molecule has 0 saturated heterocycles. The van der Waals surface area contributed by atoms with Crippen LogP contribution in [0.3, 0.4) is 0 Å². The molecule has 0 rings (SSSR count). The summed E-state index contributed by atoms with van der Waals surface area (Å²) in [7, 11) is 0. The molecule has 0 aliphatic rings. The summed E-state index contributed by atoms with van der Waals surface area (Å²) in [5.74, 6) is -3.25. The van der Waals surface area contributed by atoms with Gasteiger partial charge in [0.1, 0.15) is 6.61 Å². The van der Waals surface area contributed by atoms with Crippen molar-refractivity contribution >= 4 is 11.9 Å². The summed E-state index contributed by atoms with van der Waals surface area (Å²) in [6.07, 6.45) is 0. The van der Waals surface area contributed by atoms with Crippen molar-refractivity contribution in [3.63, 3.8) is 0 Å². The van der Waals surface area contributed by atoms with Crippen molar-refractivity contribution in [3.8, 4) is 0 Å². The van der Waals surface area contributed by atoms with Crippen molar-refractivity contribution in [1.29, 1.82) is 0 Å². The molecular formula is C4H6FNO3. The van der Waals surface area contributed by atoms with Crippen molar-refractivity contribution in [3.05, 3.63) is 0 Å². The second-order valence-electron chi connectivity index (χ2n) is 1.11. The quantitative estimate of drug-likeness (QED) is 0.449. The van der Waals surface area contributed by atoms with Crippen LogP contribution in [0.15, 0.2) is 5.16 Å². The number of carbonyl (C=O) groups is 1. The minimum atomic E-state index is -1.72. The highest BCUT2D eigenvalue weighted by Crippen LogP contribution is 1.82. The normalized spacial score (nSPS) is 11.1. The Labute approximate surface area is 50.9 Å². The second-order valence-corrected chi connectivity index (χ2v) is 1.11. The molecule has 9 heavy (non-hydrogen) atoms. The molecule has 0 spiro atoms. The van der Waals surface area contributed by atoms with Crippen molar-refractivity contribution in [2.75, 3.05) is 6.61 Å². The minimum Gasteiger partial charge on any atom is -0.475 e. The Bertz CT molecular complexity index is 134. The number of oxime groups is 1. The van der Waals surface area contributed by atoms with Gasteiger partial charge in [0.05, 0.1) is 0 Å². The fourth-order valence-corrected chi connectivity index (χ4v) is 0.160. The van der Waals surface area contributed by atoms with Crippen molar-refractivity contribution in [2.24, 2.45) is 5.16 Å². The number of aliphatic carboxylic acids is 1. The molecule has 0 radical (unpaired) electrons. The van der Waals surface area contributed by atoms with Gasteiger partial charge in [-0.15, -0.1) is 0 Å². The van der Waals surface area contributed by atoms with Gasteiger partial charge in [0.25, 0.3) is 0 Å². The van der Waals surface area contributed by atoms with Gasteiger partial charge in [-0.25, -0.2) is 4.79 Å². The lowest BCUT2D eigenvalue weighted by molar-refractivity contribution is -0.130. The van der Waals surface area contributed by atoms with Crippen LogP contribution >= 0.6 is 0 Å². The largest absolute Gasteiger partial charge is 0.475 e. The molecule has 0 fully saturated rings. The Kier molecular flexibility index (Phi) is 3.34. The Morgan fingerprint density at radius 1 is 1.89 bits per heavy atom. The van der Waals surface area contributed by atoms with Crippen molar-refractivity contribution < 1.29 is 19.1 Å². The average Bonchev–Trinajstić information content (AvgIpc) is 1.82. The topological polar surface area (TPSA) is 58.9 Å². The monoisotopic (exact) mass is 135 g/mol. The lowest BCUT2D eigenvalue weighted by Gasteiger charge is -1.88. The van der Waals surface area contributed by atoms with Gasteiger partial charge in [0, 0.05) is 0 Å². The summed E-state index contributed by atoms with van der Waals surface area (Å²) in [6.45, 7) is 1.72. The van der Waals surface area contributed by atoms with Crippen LogP contribution in [-0.4, -0.2) is 23.6 Å². The van der Waals surface area contributed by atoms with E-state index in [9.17, 15) is 9.18 Å². The van der Waals surface area contributed by atoms with Crippen molar-refractivity contribution in [2.45, 2.75) is 6.92 Å². The zero-order chi connectivity index (χ0) is 7.28. The lowest BCUT2D eigenvalue weighted by atomic mass is 10.7. The molecule has 52 valence electrons. The standard InChI is InChI=1S/C4H6FNO3/c1-2-9-6-3(5)4(7)8/h2H2,1H3,(H,7,8). The third-order valence-corrected chi connectivity index (χ3v) is 0.450. The maximum Gasteiger partial charge on any atom is 0.387 e. The lowest BCUT2D eigenvalue weighted by Crippen LogP contribution is -2.06. The first kappa shape index (κ1) is 7.87. The van der Waals surface area contributed by atoms with Crippen LogP contribution < -0.4 is 0 Å². The molecule has 0 aliphatic carbocycles. The van der Waals surface area contributed by atoms with Gasteiger partial charge < -0.3 is 9.94 Å². The molecule has 4 nitrogen and oxygen atoms in total. The molecule has 0 heterocycles. The van der Waals surface area contributed by atoms with Crippen LogP contribution in [0.1, 0.15) is 6.92 Å². The molecule has 1 N–H and O–H groups in total. The predicted octanol–water partition coefficient (Wildman–Crippen LogP) is 0.391. The Morgan fingerprint density at radius 2 is 2.44 bits per heavy atom. The van der Waals surface area contributed by atoms with Gasteiger partial charge in [0.2, 0.25) is 0 Å². The van der Waals surface area contributed by atoms with Gasteiger partial charge >= 0.3 is 11.9 Å². The molecule has 0 bridgehead atoms. The molecule has 5 heteroatoms. The van der Waals surface area contributed by atoms with E-state index in [1.165, 1.54) is 0 Å². The van der Waals surface area contributed by atoms with Gasteiger partial charge in [0.15, 0.2) is 0 Å². The number of nitrogens with zero attached hydrogens (tertiary/aromatic N) is 1. The van der Waals surface area contributed by atoms with Gasteiger partial charge in [-0.2, -0.15) is 4.39 Å². The molecule has 0 aliphatic heterocycles. The molecule has 0 aromatic rings. The molecule has 0 aromatic heterocycles. The fraction of sp³-hybridized carbons (Fsp3) is 0.500. The number of hydrogen-bond donors (Lipinski definition) is 1. The third-order valence-electron chi connectivity index (χ3n) is 0.450. The maximum atomic E-state index is 11.7. The average molecular weight is 135 g/mol. The summed E-state index contributed by atoms with van der Waals surface area (Å²) in [6, 6.07) is 0. The Hall–Kier alpha value is -1.13. The Balaban J connectivity index is 3.69. The highest BCUT2D eigenvalue weighted by atomic mass is 19.1. The zero-order valence-electron chi connectivity index (χ0n) is 4.80. The highest BCUT2D eigenvalue weighted by molar-refractivity contribution is 6.30. The van der Waals surface area contributed by atoms with Crippen LogP contribution in [-0.2, 0) is 9.63 Å². The summed E-state index contributed by atoms with van der Waals surface area (Å²) < 4.78 is 11.7. The summed E-state index contributed by atoms with van der Waals surface area (Å²) >= 11 is 0. The first-order chi connectivity index (χ1) is 4.18. The number of halogens is 1. The number of hydrogen-bond acceptors (Lipinski definition) is 3. The first-order valence-corrected chi connectivity index (χ1v) is 2.27. The SMILES string of the molecule is CCON=C(F)C(=O)O. The van der Waals surface area contributed by atoms with E-state index in [2.05, 4.69) is 9.99 Å². The molecule has 0 unspecified atom stereocenters. The Morgan fingerprint density at radius 3 is 2.78 bits per heavy atom.